The van der Waals surface area contributed by atoms with Crippen molar-refractivity contribution in [2.45, 2.75) is 25.5 Å². The molecule has 1 N–H and O–H groups in total. The topological polar surface area (TPSA) is 56.3 Å². The Labute approximate surface area is 172 Å². The molecule has 1 fully saturated rings. The molecule has 1 aromatic carbocycles. The van der Waals surface area contributed by atoms with Gasteiger partial charge in [-0.25, -0.2) is 0 Å². The summed E-state index contributed by atoms with van der Waals surface area (Å²) < 4.78 is 11.3. The Hall–Kier alpha value is -2.60. The molecule has 2 aromatic heterocycles. The fourth-order valence-electron chi connectivity index (χ4n) is 3.56. The molecule has 1 atom stereocenters. The number of rotatable bonds is 9. The average Bonchev–Trinajstić information content (AvgIpc) is 3.31. The highest BCUT2D eigenvalue weighted by Gasteiger charge is 2.15. The van der Waals surface area contributed by atoms with E-state index in [0.29, 0.717) is 13.2 Å². The van der Waals surface area contributed by atoms with Crippen molar-refractivity contribution in [1.82, 2.24) is 15.3 Å². The van der Waals surface area contributed by atoms with Crippen molar-refractivity contribution < 1.29 is 9.47 Å². The Balaban J connectivity index is 1.41. The minimum Gasteiger partial charge on any atom is -0.377 e. The number of nitrogens with one attached hydrogen (secondary N) is 1. The van der Waals surface area contributed by atoms with Crippen LogP contribution in [0.2, 0.25) is 0 Å². The van der Waals surface area contributed by atoms with Crippen LogP contribution in [0.5, 0.6) is 0 Å². The number of hydrogen-bond acceptors (Lipinski definition) is 5. The van der Waals surface area contributed by atoms with E-state index in [1.54, 1.807) is 12.4 Å². The highest BCUT2D eigenvalue weighted by Crippen LogP contribution is 2.26. The van der Waals surface area contributed by atoms with Crippen molar-refractivity contribution in [3.63, 3.8) is 0 Å². The zero-order chi connectivity index (χ0) is 19.7. The van der Waals surface area contributed by atoms with Gasteiger partial charge >= 0.3 is 0 Å². The van der Waals surface area contributed by atoms with Crippen molar-refractivity contribution >= 4 is 0 Å². The zero-order valence-corrected chi connectivity index (χ0v) is 16.6. The number of benzene rings is 1. The van der Waals surface area contributed by atoms with Crippen molar-refractivity contribution in [2.75, 3.05) is 26.4 Å². The molecule has 3 aromatic rings. The molecule has 0 radical (unpaired) electrons. The summed E-state index contributed by atoms with van der Waals surface area (Å²) in [6.07, 6.45) is 8.09. The van der Waals surface area contributed by atoms with Gasteiger partial charge < -0.3 is 14.8 Å². The van der Waals surface area contributed by atoms with E-state index < -0.39 is 0 Å². The number of aromatic nitrogens is 2. The van der Waals surface area contributed by atoms with Gasteiger partial charge in [-0.2, -0.15) is 0 Å². The first-order valence-corrected chi connectivity index (χ1v) is 10.2. The van der Waals surface area contributed by atoms with Crippen LogP contribution in [-0.4, -0.2) is 42.4 Å². The van der Waals surface area contributed by atoms with Crippen molar-refractivity contribution in [3.05, 3.63) is 72.7 Å². The van der Waals surface area contributed by atoms with Crippen LogP contribution in [0.25, 0.3) is 22.4 Å². The number of ether oxygens (including phenoxy) is 2. The lowest BCUT2D eigenvalue weighted by molar-refractivity contribution is 0.0183. The summed E-state index contributed by atoms with van der Waals surface area (Å²) in [6, 6.07) is 16.6. The van der Waals surface area contributed by atoms with Crippen LogP contribution < -0.4 is 5.32 Å². The largest absolute Gasteiger partial charge is 0.377 e. The van der Waals surface area contributed by atoms with Gasteiger partial charge in [0.2, 0.25) is 0 Å². The monoisotopic (exact) mass is 389 g/mol. The highest BCUT2D eigenvalue weighted by atomic mass is 16.5. The number of hydrogen-bond donors (Lipinski definition) is 1. The van der Waals surface area contributed by atoms with Gasteiger partial charge in [0.05, 0.1) is 25.0 Å². The fourth-order valence-corrected chi connectivity index (χ4v) is 3.56. The van der Waals surface area contributed by atoms with E-state index in [0.717, 1.165) is 54.9 Å². The van der Waals surface area contributed by atoms with Crippen LogP contribution in [-0.2, 0) is 16.0 Å². The molecular weight excluding hydrogens is 362 g/mol. The molecule has 29 heavy (non-hydrogen) atoms. The van der Waals surface area contributed by atoms with E-state index in [2.05, 4.69) is 40.6 Å². The second-order valence-electron chi connectivity index (χ2n) is 7.22. The summed E-state index contributed by atoms with van der Waals surface area (Å²) >= 11 is 0. The molecular formula is C24H27N3O2. The Kier molecular flexibility index (Phi) is 6.97. The quantitative estimate of drug-likeness (QED) is 0.559. The second-order valence-corrected chi connectivity index (χ2v) is 7.22. The first kappa shape index (κ1) is 19.7. The summed E-state index contributed by atoms with van der Waals surface area (Å²) in [5.41, 5.74) is 5.51. The highest BCUT2D eigenvalue weighted by molar-refractivity contribution is 5.69. The van der Waals surface area contributed by atoms with E-state index in [9.17, 15) is 0 Å². The van der Waals surface area contributed by atoms with E-state index in [1.165, 1.54) is 5.56 Å². The van der Waals surface area contributed by atoms with Gasteiger partial charge in [0.1, 0.15) is 0 Å². The third-order valence-corrected chi connectivity index (χ3v) is 5.09. The molecule has 5 heteroatoms. The molecule has 3 heterocycles. The Morgan fingerprint density at radius 1 is 1.03 bits per heavy atom. The first-order chi connectivity index (χ1) is 14.4. The molecule has 0 amide bonds. The van der Waals surface area contributed by atoms with E-state index in [-0.39, 0.29) is 6.10 Å². The van der Waals surface area contributed by atoms with E-state index >= 15 is 0 Å². The van der Waals surface area contributed by atoms with Gasteiger partial charge in [0, 0.05) is 49.4 Å². The van der Waals surface area contributed by atoms with Gasteiger partial charge in [-0.3, -0.25) is 9.97 Å². The van der Waals surface area contributed by atoms with Crippen LogP contribution in [0.4, 0.5) is 0 Å². The molecule has 1 unspecified atom stereocenters. The lowest BCUT2D eigenvalue weighted by Crippen LogP contribution is -2.22. The van der Waals surface area contributed by atoms with Gasteiger partial charge in [-0.1, -0.05) is 30.3 Å². The maximum atomic E-state index is 5.75. The summed E-state index contributed by atoms with van der Waals surface area (Å²) in [4.78, 5) is 8.90. The number of pyridine rings is 2. The maximum absolute atomic E-state index is 5.75. The molecule has 150 valence electrons. The minimum absolute atomic E-state index is 0.278. The van der Waals surface area contributed by atoms with Crippen LogP contribution in [0.1, 0.15) is 18.4 Å². The van der Waals surface area contributed by atoms with Gasteiger partial charge in [0.15, 0.2) is 0 Å². The summed E-state index contributed by atoms with van der Waals surface area (Å²) in [5.74, 6) is 0. The summed E-state index contributed by atoms with van der Waals surface area (Å²) in [6.45, 7) is 3.76. The van der Waals surface area contributed by atoms with Crippen LogP contribution in [0.3, 0.4) is 0 Å². The van der Waals surface area contributed by atoms with Crippen molar-refractivity contribution in [3.8, 4) is 22.4 Å². The summed E-state index contributed by atoms with van der Waals surface area (Å²) in [7, 11) is 0. The SMILES string of the molecule is c1ccc(-c2cnc(-c3ccncc3)c(CNCCOCC3CCCO3)c2)cc1. The lowest BCUT2D eigenvalue weighted by Gasteiger charge is -2.13. The van der Waals surface area contributed by atoms with E-state index in [4.69, 9.17) is 14.5 Å². The first-order valence-electron chi connectivity index (χ1n) is 10.2. The lowest BCUT2D eigenvalue weighted by atomic mass is 10.0. The molecule has 1 aliphatic heterocycles. The maximum Gasteiger partial charge on any atom is 0.0809 e. The Morgan fingerprint density at radius 3 is 2.69 bits per heavy atom. The van der Waals surface area contributed by atoms with E-state index in [1.807, 2.05) is 24.4 Å². The molecule has 1 aliphatic rings. The predicted molar refractivity (Wildman–Crippen MR) is 114 cm³/mol. The normalized spacial score (nSPS) is 16.2. The molecule has 0 aliphatic carbocycles. The molecule has 4 rings (SSSR count). The number of nitrogens with zero attached hydrogens (tertiary/aromatic N) is 2. The van der Waals surface area contributed by atoms with Crippen molar-refractivity contribution in [2.24, 2.45) is 0 Å². The second kappa shape index (κ2) is 10.3. The standard InChI is InChI=1S/C24H27N3O2/c1-2-5-19(6-3-1)21-15-22(24(27-17-21)20-8-10-25-11-9-20)16-26-12-14-28-18-23-7-4-13-29-23/h1-3,5-6,8-11,15,17,23,26H,4,7,12-14,16,18H2. The van der Waals surface area contributed by atoms with Crippen LogP contribution in [0.15, 0.2) is 67.1 Å². The Morgan fingerprint density at radius 2 is 1.90 bits per heavy atom. The summed E-state index contributed by atoms with van der Waals surface area (Å²) in [5, 5.41) is 3.49. The van der Waals surface area contributed by atoms with Crippen LogP contribution in [0, 0.1) is 0 Å². The van der Waals surface area contributed by atoms with Crippen molar-refractivity contribution in [1.29, 1.82) is 0 Å². The smallest absolute Gasteiger partial charge is 0.0809 e. The minimum atomic E-state index is 0.278. The average molecular weight is 389 g/mol. The van der Waals surface area contributed by atoms with Gasteiger partial charge in [0.25, 0.3) is 0 Å². The third-order valence-electron chi connectivity index (χ3n) is 5.09. The molecule has 1 saturated heterocycles. The van der Waals surface area contributed by atoms with Gasteiger partial charge in [-0.05, 0) is 42.2 Å². The third kappa shape index (κ3) is 5.48. The zero-order valence-electron chi connectivity index (χ0n) is 16.6. The molecule has 0 saturated carbocycles. The van der Waals surface area contributed by atoms with Crippen LogP contribution >= 0.6 is 0 Å². The molecule has 0 bridgehead atoms. The van der Waals surface area contributed by atoms with Gasteiger partial charge in [-0.15, -0.1) is 0 Å². The Bertz CT molecular complexity index is 881. The molecule has 5 nitrogen and oxygen atoms in total. The predicted octanol–water partition coefficient (Wildman–Crippen LogP) is 4.10. The molecule has 0 spiro atoms. The fraction of sp³-hybridized carbons (Fsp3) is 0.333.